The smallest absolute Gasteiger partial charge is 0.241 e. The molecule has 3 unspecified atom stereocenters. The lowest BCUT2D eigenvalue weighted by Gasteiger charge is -2.65. The van der Waals surface area contributed by atoms with Crippen molar-refractivity contribution in [2.24, 2.45) is 17.1 Å². The van der Waals surface area contributed by atoms with Crippen molar-refractivity contribution in [1.29, 1.82) is 0 Å². The third-order valence-electron chi connectivity index (χ3n) is 6.43. The second-order valence-corrected chi connectivity index (χ2v) is 7.81. The van der Waals surface area contributed by atoms with Crippen LogP contribution in [0.2, 0.25) is 0 Å². The van der Waals surface area contributed by atoms with Gasteiger partial charge in [-0.15, -0.1) is 24.8 Å². The van der Waals surface area contributed by atoms with Crippen molar-refractivity contribution in [1.82, 2.24) is 10.2 Å². The highest BCUT2D eigenvalue weighted by atomic mass is 35.5. The lowest BCUT2D eigenvalue weighted by Crippen LogP contribution is -2.82. The number of nitrogens with two attached hydrogens (primary N) is 1. The average molecular weight is 382 g/mol. The maximum Gasteiger partial charge on any atom is 0.241 e. The van der Waals surface area contributed by atoms with E-state index in [2.05, 4.69) is 31.0 Å². The summed E-state index contributed by atoms with van der Waals surface area (Å²) in [6.07, 6.45) is 4.21. The monoisotopic (exact) mass is 381 g/mol. The first-order valence-electron chi connectivity index (χ1n) is 8.85. The zero-order valence-electron chi connectivity index (χ0n) is 15.0. The Balaban J connectivity index is 0.00000144. The molecule has 3 rings (SSSR count). The molecule has 0 radical (unpaired) electrons. The van der Waals surface area contributed by atoms with Gasteiger partial charge < -0.3 is 20.7 Å². The quantitative estimate of drug-likeness (QED) is 0.783. The summed E-state index contributed by atoms with van der Waals surface area (Å²) in [7, 11) is 0. The summed E-state index contributed by atoms with van der Waals surface area (Å²) in [6, 6.07) is 0.273. The van der Waals surface area contributed by atoms with Gasteiger partial charge in [-0.05, 0) is 32.2 Å². The van der Waals surface area contributed by atoms with E-state index < -0.39 is 5.54 Å². The van der Waals surface area contributed by atoms with Crippen molar-refractivity contribution in [3.8, 4) is 0 Å². The van der Waals surface area contributed by atoms with Crippen LogP contribution in [-0.4, -0.2) is 54.7 Å². The summed E-state index contributed by atoms with van der Waals surface area (Å²) >= 11 is 0. The predicted octanol–water partition coefficient (Wildman–Crippen LogP) is 1.96. The fourth-order valence-corrected chi connectivity index (χ4v) is 4.74. The van der Waals surface area contributed by atoms with Crippen LogP contribution < -0.4 is 11.1 Å². The molecule has 3 N–H and O–H groups in total. The second kappa shape index (κ2) is 8.09. The van der Waals surface area contributed by atoms with Crippen LogP contribution in [0.15, 0.2) is 0 Å². The van der Waals surface area contributed by atoms with Crippen molar-refractivity contribution in [2.45, 2.75) is 64.1 Å². The van der Waals surface area contributed by atoms with E-state index in [1.165, 1.54) is 0 Å². The van der Waals surface area contributed by atoms with Gasteiger partial charge in [0.15, 0.2) is 0 Å². The van der Waals surface area contributed by atoms with Crippen LogP contribution in [0, 0.1) is 11.3 Å². The standard InChI is InChI=1S/C17H31N3O2.2ClH/c1-4-20-9-7-12(8-10-20)19-15(21)17(18)13-6-5-11-22-14(13)16(17,2)3;;/h12-14H,4-11,18H2,1-3H3,(H,19,21);2*1H. The van der Waals surface area contributed by atoms with E-state index in [0.717, 1.165) is 51.9 Å². The van der Waals surface area contributed by atoms with E-state index in [9.17, 15) is 4.79 Å². The summed E-state index contributed by atoms with van der Waals surface area (Å²) < 4.78 is 5.89. The number of halogens is 2. The van der Waals surface area contributed by atoms with Crippen LogP contribution in [0.1, 0.15) is 46.5 Å². The third kappa shape index (κ3) is 3.30. The second-order valence-electron chi connectivity index (χ2n) is 7.81. The van der Waals surface area contributed by atoms with Gasteiger partial charge in [0.05, 0.1) is 6.10 Å². The van der Waals surface area contributed by atoms with E-state index in [0.29, 0.717) is 0 Å². The first kappa shape index (κ1) is 22.0. The van der Waals surface area contributed by atoms with Crippen molar-refractivity contribution in [3.63, 3.8) is 0 Å². The number of amides is 1. The van der Waals surface area contributed by atoms with Gasteiger partial charge in [-0.25, -0.2) is 0 Å². The molecule has 0 spiro atoms. The number of hydrogen-bond donors (Lipinski definition) is 2. The van der Waals surface area contributed by atoms with Gasteiger partial charge in [0.25, 0.3) is 0 Å². The van der Waals surface area contributed by atoms with Gasteiger partial charge in [-0.1, -0.05) is 20.8 Å². The van der Waals surface area contributed by atoms with Gasteiger partial charge in [-0.3, -0.25) is 4.79 Å². The SMILES string of the molecule is CCN1CCC(NC(=O)C2(N)C3CCCOC3C2(C)C)CC1.Cl.Cl. The minimum absolute atomic E-state index is 0. The zero-order valence-corrected chi connectivity index (χ0v) is 16.7. The molecule has 0 aromatic heterocycles. The number of carbonyl (C=O) groups excluding carboxylic acids is 1. The lowest BCUT2D eigenvalue weighted by molar-refractivity contribution is -0.225. The molecule has 24 heavy (non-hydrogen) atoms. The Morgan fingerprint density at radius 3 is 2.46 bits per heavy atom. The van der Waals surface area contributed by atoms with Crippen LogP contribution >= 0.6 is 24.8 Å². The molecule has 1 amide bonds. The number of ether oxygens (including phenoxy) is 1. The molecule has 3 atom stereocenters. The first-order valence-corrected chi connectivity index (χ1v) is 8.85. The fraction of sp³-hybridized carbons (Fsp3) is 0.941. The Labute approximate surface area is 158 Å². The minimum atomic E-state index is -0.778. The largest absolute Gasteiger partial charge is 0.377 e. The predicted molar refractivity (Wildman–Crippen MR) is 101 cm³/mol. The Hall–Kier alpha value is -0.0700. The van der Waals surface area contributed by atoms with E-state index in [1.807, 2.05) is 0 Å². The number of hydrogen-bond acceptors (Lipinski definition) is 4. The van der Waals surface area contributed by atoms with Crippen LogP contribution in [0.25, 0.3) is 0 Å². The van der Waals surface area contributed by atoms with Crippen molar-refractivity contribution < 1.29 is 9.53 Å². The first-order chi connectivity index (χ1) is 10.4. The number of carbonyl (C=O) groups is 1. The maximum atomic E-state index is 12.9. The van der Waals surface area contributed by atoms with E-state index in [4.69, 9.17) is 10.5 Å². The molecule has 3 fully saturated rings. The molecule has 1 saturated carbocycles. The Morgan fingerprint density at radius 1 is 1.25 bits per heavy atom. The molecular formula is C17H33Cl2N3O2. The molecule has 3 aliphatic rings. The molecule has 0 bridgehead atoms. The highest BCUT2D eigenvalue weighted by Gasteiger charge is 2.70. The number of nitrogens with zero attached hydrogens (tertiary/aromatic N) is 1. The van der Waals surface area contributed by atoms with Crippen molar-refractivity contribution in [3.05, 3.63) is 0 Å². The number of rotatable bonds is 3. The van der Waals surface area contributed by atoms with Gasteiger partial charge in [0, 0.05) is 37.1 Å². The third-order valence-corrected chi connectivity index (χ3v) is 6.43. The van der Waals surface area contributed by atoms with E-state index >= 15 is 0 Å². The van der Waals surface area contributed by atoms with Crippen LogP contribution in [0.5, 0.6) is 0 Å². The molecular weight excluding hydrogens is 349 g/mol. The lowest BCUT2D eigenvalue weighted by atomic mass is 9.46. The molecule has 2 aliphatic heterocycles. The Kier molecular flexibility index (Phi) is 7.40. The summed E-state index contributed by atoms with van der Waals surface area (Å²) in [5.41, 5.74) is 5.58. The van der Waals surface area contributed by atoms with Crippen LogP contribution in [-0.2, 0) is 9.53 Å². The summed E-state index contributed by atoms with van der Waals surface area (Å²) in [6.45, 7) is 10.4. The van der Waals surface area contributed by atoms with Gasteiger partial charge >= 0.3 is 0 Å². The van der Waals surface area contributed by atoms with Crippen LogP contribution in [0.4, 0.5) is 0 Å². The number of piperidine rings is 1. The van der Waals surface area contributed by atoms with Crippen molar-refractivity contribution in [2.75, 3.05) is 26.2 Å². The number of fused-ring (bicyclic) bond motifs is 1. The Bertz CT molecular complexity index is 442. The highest BCUT2D eigenvalue weighted by Crippen LogP contribution is 2.57. The van der Waals surface area contributed by atoms with Crippen LogP contribution in [0.3, 0.4) is 0 Å². The molecule has 2 saturated heterocycles. The molecule has 5 nitrogen and oxygen atoms in total. The Morgan fingerprint density at radius 2 is 1.88 bits per heavy atom. The highest BCUT2D eigenvalue weighted by molar-refractivity contribution is 5.89. The average Bonchev–Trinajstić information content (AvgIpc) is 2.54. The summed E-state index contributed by atoms with van der Waals surface area (Å²) in [5, 5.41) is 3.25. The fourth-order valence-electron chi connectivity index (χ4n) is 4.74. The molecule has 0 aromatic rings. The van der Waals surface area contributed by atoms with E-state index in [-0.39, 0.29) is 54.2 Å². The van der Waals surface area contributed by atoms with Gasteiger partial charge in [0.1, 0.15) is 5.54 Å². The zero-order chi connectivity index (χ0) is 16.0. The molecule has 2 heterocycles. The maximum absolute atomic E-state index is 12.9. The normalized spacial score (nSPS) is 35.7. The molecule has 0 aromatic carbocycles. The number of likely N-dealkylation sites (tertiary alicyclic amines) is 1. The van der Waals surface area contributed by atoms with E-state index in [1.54, 1.807) is 0 Å². The molecule has 142 valence electrons. The molecule has 1 aliphatic carbocycles. The number of nitrogens with one attached hydrogen (secondary N) is 1. The van der Waals surface area contributed by atoms with Gasteiger partial charge in [-0.2, -0.15) is 0 Å². The minimum Gasteiger partial charge on any atom is -0.377 e. The molecule has 7 heteroatoms. The van der Waals surface area contributed by atoms with Gasteiger partial charge in [0.2, 0.25) is 5.91 Å². The summed E-state index contributed by atoms with van der Waals surface area (Å²) in [5.74, 6) is 0.214. The topological polar surface area (TPSA) is 67.6 Å². The summed E-state index contributed by atoms with van der Waals surface area (Å²) in [4.78, 5) is 15.4. The van der Waals surface area contributed by atoms with Crippen molar-refractivity contribution >= 4 is 30.7 Å².